The average Bonchev–Trinajstić information content (AvgIpc) is 3.69. The molecule has 13 heteroatoms. The number of methoxy groups -OCH3 is 1. The van der Waals surface area contributed by atoms with Crippen molar-refractivity contribution in [3.63, 3.8) is 0 Å². The maximum Gasteiger partial charge on any atom is 0.269 e. The van der Waals surface area contributed by atoms with Crippen LogP contribution in [0.1, 0.15) is 42.0 Å². The zero-order chi connectivity index (χ0) is 43.1. The largest absolute Gasteiger partial charge is 0.497 e. The molecule has 5 aromatic carbocycles. The molecule has 3 heterocycles. The molecule has 12 nitrogen and oxygen atoms in total. The van der Waals surface area contributed by atoms with E-state index in [1.54, 1.807) is 27.9 Å². The van der Waals surface area contributed by atoms with Crippen LogP contribution in [0.3, 0.4) is 0 Å². The van der Waals surface area contributed by atoms with Crippen LogP contribution in [-0.2, 0) is 44.2 Å². The minimum absolute atomic E-state index is 0.0190. The topological polar surface area (TPSA) is 143 Å². The fourth-order valence-electron chi connectivity index (χ4n) is 9.98. The van der Waals surface area contributed by atoms with Crippen LogP contribution in [0.4, 0.5) is 22.7 Å². The molecule has 0 saturated carbocycles. The highest BCUT2D eigenvalue weighted by molar-refractivity contribution is 6.91. The number of benzene rings is 5. The summed E-state index contributed by atoms with van der Waals surface area (Å²) in [6.45, 7) is 6.67. The van der Waals surface area contributed by atoms with E-state index in [0.29, 0.717) is 35.5 Å². The molecule has 5 aromatic rings. The summed E-state index contributed by atoms with van der Waals surface area (Å²) in [5, 5.41) is 23.5. The van der Waals surface area contributed by atoms with E-state index in [9.17, 15) is 24.8 Å². The molecule has 3 aliphatic rings. The Morgan fingerprint density at radius 1 is 0.918 bits per heavy atom. The molecule has 314 valence electrons. The lowest BCUT2D eigenvalue weighted by atomic mass is 9.82. The van der Waals surface area contributed by atoms with Gasteiger partial charge in [0.05, 0.1) is 57.2 Å². The Hall–Kier alpha value is -6.15. The van der Waals surface area contributed by atoms with Gasteiger partial charge >= 0.3 is 0 Å². The number of non-ortho nitro benzene ring substituents is 1. The van der Waals surface area contributed by atoms with Crippen molar-refractivity contribution in [2.45, 2.75) is 69.6 Å². The number of nitrogens with zero attached hydrogens (tertiary/aromatic N) is 4. The van der Waals surface area contributed by atoms with Crippen molar-refractivity contribution in [3.8, 4) is 5.75 Å². The van der Waals surface area contributed by atoms with Crippen molar-refractivity contribution < 1.29 is 33.9 Å². The molecule has 1 N–H and O–H groups in total. The molecule has 0 unspecified atom stereocenters. The van der Waals surface area contributed by atoms with Crippen LogP contribution >= 0.6 is 0 Å². The van der Waals surface area contributed by atoms with Crippen molar-refractivity contribution >= 4 is 53.7 Å². The summed E-state index contributed by atoms with van der Waals surface area (Å²) in [7, 11) is -1.07. The normalized spacial score (nSPS) is 20.8. The van der Waals surface area contributed by atoms with E-state index in [4.69, 9.17) is 9.47 Å². The Bertz CT molecular complexity index is 2480. The van der Waals surface area contributed by atoms with Crippen LogP contribution in [0.2, 0.25) is 18.6 Å². The van der Waals surface area contributed by atoms with Gasteiger partial charge in [-0.25, -0.2) is 0 Å². The van der Waals surface area contributed by atoms with Crippen molar-refractivity contribution in [2.75, 3.05) is 30.1 Å². The number of nitro groups is 1. The van der Waals surface area contributed by atoms with E-state index < -0.39 is 30.6 Å². The lowest BCUT2D eigenvalue weighted by Crippen LogP contribution is -2.52. The number of amides is 3. The highest BCUT2D eigenvalue weighted by atomic mass is 28.3. The SMILES string of the molecule is COc1ccc([Si](C)(C)[C@@H]2[C@@H](CC(=O)N(CCO)Cc3ccccc3)O[C@]3(C(=O)N(Cc4cccc(N5C(=O)CCc6ccccc65)c4)c4ccc([N+](=O)[O-])cc43)[C@H]2C)cc1. The smallest absolute Gasteiger partial charge is 0.269 e. The van der Waals surface area contributed by atoms with Crippen molar-refractivity contribution in [1.82, 2.24) is 4.90 Å². The number of ether oxygens (including phenoxy) is 2. The molecule has 1 fully saturated rings. The molecule has 0 radical (unpaired) electrons. The van der Waals surface area contributed by atoms with Gasteiger partial charge in [-0.3, -0.25) is 29.4 Å². The van der Waals surface area contributed by atoms with Gasteiger partial charge in [0.15, 0.2) is 5.60 Å². The monoisotopic (exact) mass is 838 g/mol. The first kappa shape index (κ1) is 41.6. The molecular formula is C48H50N4O8Si. The number of carbonyl (C=O) groups excluding carboxylic acids is 3. The Morgan fingerprint density at radius 2 is 1.64 bits per heavy atom. The van der Waals surface area contributed by atoms with E-state index >= 15 is 4.79 Å². The summed E-state index contributed by atoms with van der Waals surface area (Å²) >= 11 is 0. The molecule has 3 amide bonds. The minimum Gasteiger partial charge on any atom is -0.497 e. The zero-order valence-corrected chi connectivity index (χ0v) is 35.8. The number of nitro benzene ring substituents is 1. The van der Waals surface area contributed by atoms with Gasteiger partial charge in [-0.15, -0.1) is 0 Å². The van der Waals surface area contributed by atoms with Crippen molar-refractivity contribution in [2.24, 2.45) is 5.92 Å². The molecule has 1 saturated heterocycles. The first-order valence-corrected chi connectivity index (χ1v) is 23.8. The molecule has 0 aliphatic carbocycles. The van der Waals surface area contributed by atoms with Gasteiger partial charge in [-0.1, -0.05) is 98.0 Å². The lowest BCUT2D eigenvalue weighted by molar-refractivity contribution is -0.385. The third kappa shape index (κ3) is 7.51. The van der Waals surface area contributed by atoms with Crippen LogP contribution in [0.5, 0.6) is 5.75 Å². The number of hydrogen-bond acceptors (Lipinski definition) is 8. The second kappa shape index (κ2) is 16.7. The van der Waals surface area contributed by atoms with Crippen molar-refractivity contribution in [1.29, 1.82) is 0 Å². The van der Waals surface area contributed by atoms with E-state index in [-0.39, 0.29) is 61.6 Å². The Morgan fingerprint density at radius 3 is 2.36 bits per heavy atom. The molecule has 8 rings (SSSR count). The fraction of sp³-hybridized carbons (Fsp3) is 0.312. The number of rotatable bonds is 13. The predicted octanol–water partition coefficient (Wildman–Crippen LogP) is 7.39. The Kier molecular flexibility index (Phi) is 11.4. The molecule has 0 aromatic heterocycles. The highest BCUT2D eigenvalue weighted by Gasteiger charge is 2.67. The summed E-state index contributed by atoms with van der Waals surface area (Å²) in [5.41, 5.74) is 2.99. The van der Waals surface area contributed by atoms with Crippen LogP contribution < -0.4 is 19.7 Å². The Balaban J connectivity index is 1.20. The van der Waals surface area contributed by atoms with Gasteiger partial charge in [-0.2, -0.15) is 0 Å². The molecule has 4 atom stereocenters. The number of anilines is 3. The Labute approximate surface area is 356 Å². The zero-order valence-electron chi connectivity index (χ0n) is 34.8. The number of aliphatic hydroxyl groups excluding tert-OH is 1. The number of aliphatic hydroxyl groups is 1. The number of para-hydroxylation sites is 1. The van der Waals surface area contributed by atoms with E-state index in [1.165, 1.54) is 12.1 Å². The lowest BCUT2D eigenvalue weighted by Gasteiger charge is -2.37. The summed E-state index contributed by atoms with van der Waals surface area (Å²) < 4.78 is 12.7. The van der Waals surface area contributed by atoms with Crippen LogP contribution in [0.15, 0.2) is 121 Å². The van der Waals surface area contributed by atoms with E-state index in [0.717, 1.165) is 27.6 Å². The standard InChI is InChI=1S/C48H50N4O8Si/c1-32-46(61(3,4)39-21-19-38(59-2)20-22-39)43(29-45(55)49(25-26-53)30-33-11-6-5-7-12-33)60-48(32)40-28-37(52(57)58)18-23-42(40)50(47(48)56)31-34-13-10-15-36(27-34)51-41-16-9-8-14-35(41)17-24-44(51)54/h5-16,18-23,27-28,32,43,46,53H,17,24-26,29-31H2,1-4H3/t32-,43+,46-,48+/m0/s1. The van der Waals surface area contributed by atoms with E-state index in [2.05, 4.69) is 13.1 Å². The van der Waals surface area contributed by atoms with Crippen LogP contribution in [0, 0.1) is 16.0 Å². The first-order chi connectivity index (χ1) is 29.4. The number of aryl methyl sites for hydroxylation is 1. The highest BCUT2D eigenvalue weighted by Crippen LogP contribution is 2.60. The van der Waals surface area contributed by atoms with Gasteiger partial charge in [0.25, 0.3) is 11.6 Å². The predicted molar refractivity (Wildman–Crippen MR) is 236 cm³/mol. The van der Waals surface area contributed by atoms with Gasteiger partial charge < -0.3 is 24.4 Å². The summed E-state index contributed by atoms with van der Waals surface area (Å²) in [5.74, 6) is -0.440. The van der Waals surface area contributed by atoms with Gasteiger partial charge in [0.2, 0.25) is 11.8 Å². The number of hydrogen-bond donors (Lipinski definition) is 1. The number of fused-ring (bicyclic) bond motifs is 3. The van der Waals surface area contributed by atoms with Gasteiger partial charge in [0.1, 0.15) is 5.75 Å². The van der Waals surface area contributed by atoms with Crippen LogP contribution in [-0.4, -0.2) is 67.1 Å². The van der Waals surface area contributed by atoms with Crippen molar-refractivity contribution in [3.05, 3.63) is 154 Å². The maximum atomic E-state index is 15.5. The third-order valence-corrected chi connectivity index (χ3v) is 17.3. The summed E-state index contributed by atoms with van der Waals surface area (Å²) in [4.78, 5) is 60.2. The molecule has 1 spiro atoms. The quantitative estimate of drug-likeness (QED) is 0.0736. The van der Waals surface area contributed by atoms with Crippen LogP contribution in [0.25, 0.3) is 0 Å². The molecular weight excluding hydrogens is 789 g/mol. The fourth-order valence-corrected chi connectivity index (χ4v) is 14.0. The van der Waals surface area contributed by atoms with E-state index in [1.807, 2.05) is 110 Å². The van der Waals surface area contributed by atoms with Gasteiger partial charge in [-0.05, 0) is 65.1 Å². The molecule has 3 aliphatic heterocycles. The molecule has 0 bridgehead atoms. The first-order valence-electron chi connectivity index (χ1n) is 20.7. The maximum absolute atomic E-state index is 15.5. The third-order valence-electron chi connectivity index (χ3n) is 12.9. The second-order valence-corrected chi connectivity index (χ2v) is 21.5. The summed E-state index contributed by atoms with van der Waals surface area (Å²) in [6, 6.07) is 37.3. The number of carbonyl (C=O) groups is 3. The summed E-state index contributed by atoms with van der Waals surface area (Å²) in [6.07, 6.45) is 0.212. The van der Waals surface area contributed by atoms with Gasteiger partial charge in [0, 0.05) is 48.8 Å². The molecule has 61 heavy (non-hydrogen) atoms. The average molecular weight is 839 g/mol. The second-order valence-electron chi connectivity index (χ2n) is 16.8. The minimum atomic E-state index is -2.68.